The van der Waals surface area contributed by atoms with E-state index in [-0.39, 0.29) is 4.90 Å². The van der Waals surface area contributed by atoms with Crippen molar-refractivity contribution in [2.45, 2.75) is 4.90 Å². The summed E-state index contributed by atoms with van der Waals surface area (Å²) in [5, 5.41) is 7.88. The fourth-order valence-electron chi connectivity index (χ4n) is 1.16. The van der Waals surface area contributed by atoms with Gasteiger partial charge in [0.1, 0.15) is 11.0 Å². The third kappa shape index (κ3) is 1.47. The maximum absolute atomic E-state index is 10.8. The van der Waals surface area contributed by atoms with Gasteiger partial charge in [0.15, 0.2) is 0 Å². The summed E-state index contributed by atoms with van der Waals surface area (Å²) in [6.07, 6.45) is 0. The first-order valence-electron chi connectivity index (χ1n) is 3.75. The molecule has 0 atom stereocenters. The Morgan fingerprint density at radius 2 is 1.93 bits per heavy atom. The molecular weight excluding hydrogens is 206 g/mol. The van der Waals surface area contributed by atoms with E-state index < -0.39 is 10.1 Å². The van der Waals surface area contributed by atoms with Crippen LogP contribution < -0.4 is 0 Å². The molecule has 0 amide bonds. The fourth-order valence-corrected chi connectivity index (χ4v) is 1.66. The highest BCUT2D eigenvalue weighted by Gasteiger charge is 2.11. The lowest BCUT2D eigenvalue weighted by Gasteiger charge is -1.93. The molecule has 0 bridgehead atoms. The van der Waals surface area contributed by atoms with Gasteiger partial charge >= 0.3 is 0 Å². The molecule has 2 rings (SSSR count). The number of benzene rings is 1. The van der Waals surface area contributed by atoms with Gasteiger partial charge in [0.2, 0.25) is 0 Å². The topological polar surface area (TPSA) is 85.1 Å². The van der Waals surface area contributed by atoms with E-state index in [1.165, 1.54) is 23.0 Å². The molecule has 0 aliphatic heterocycles. The molecule has 2 aromatic rings. The van der Waals surface area contributed by atoms with Crippen LogP contribution in [0.1, 0.15) is 0 Å². The van der Waals surface area contributed by atoms with Crippen LogP contribution in [0.15, 0.2) is 23.1 Å². The maximum Gasteiger partial charge on any atom is 0.294 e. The maximum atomic E-state index is 10.8. The van der Waals surface area contributed by atoms with Crippen molar-refractivity contribution < 1.29 is 13.0 Å². The molecule has 0 aliphatic rings. The summed E-state index contributed by atoms with van der Waals surface area (Å²) in [5.74, 6) is 0. The molecular formula is C7H7N3O3S. The number of aromatic nitrogens is 3. The summed E-state index contributed by atoms with van der Waals surface area (Å²) in [5.41, 5.74) is 1.02. The largest absolute Gasteiger partial charge is 0.294 e. The van der Waals surface area contributed by atoms with Crippen molar-refractivity contribution in [2.75, 3.05) is 0 Å². The van der Waals surface area contributed by atoms with Crippen molar-refractivity contribution >= 4 is 21.2 Å². The van der Waals surface area contributed by atoms with Crippen LogP contribution in [-0.2, 0) is 17.2 Å². The summed E-state index contributed by atoms with van der Waals surface area (Å²) in [4.78, 5) is 1.16. The quantitative estimate of drug-likeness (QED) is 0.684. The van der Waals surface area contributed by atoms with Crippen LogP contribution in [0.25, 0.3) is 11.0 Å². The molecule has 74 valence electrons. The summed E-state index contributed by atoms with van der Waals surface area (Å²) in [6, 6.07) is 4.05. The van der Waals surface area contributed by atoms with Gasteiger partial charge in [-0.25, -0.2) is 0 Å². The highest BCUT2D eigenvalue weighted by atomic mass is 32.2. The SMILES string of the molecule is Cn1nc2ccc(S(=O)(=O)O)cc2n1. The van der Waals surface area contributed by atoms with E-state index in [2.05, 4.69) is 10.2 Å². The summed E-state index contributed by atoms with van der Waals surface area (Å²) >= 11 is 0. The molecule has 0 aliphatic carbocycles. The van der Waals surface area contributed by atoms with Crippen molar-refractivity contribution in [1.82, 2.24) is 15.0 Å². The Kier molecular flexibility index (Phi) is 1.79. The first-order valence-corrected chi connectivity index (χ1v) is 5.19. The predicted octanol–water partition coefficient (Wildman–Crippen LogP) is 0.215. The molecule has 6 nitrogen and oxygen atoms in total. The molecule has 0 saturated heterocycles. The molecule has 0 radical (unpaired) electrons. The van der Waals surface area contributed by atoms with Crippen LogP contribution >= 0.6 is 0 Å². The van der Waals surface area contributed by atoms with Crippen LogP contribution in [0, 0.1) is 0 Å². The second kappa shape index (κ2) is 2.76. The van der Waals surface area contributed by atoms with E-state index in [1.54, 1.807) is 7.05 Å². The smallest absolute Gasteiger partial charge is 0.282 e. The Bertz CT molecular complexity index is 587. The highest BCUT2D eigenvalue weighted by molar-refractivity contribution is 7.85. The average molecular weight is 213 g/mol. The van der Waals surface area contributed by atoms with Crippen LogP contribution in [0.2, 0.25) is 0 Å². The minimum absolute atomic E-state index is 0.175. The van der Waals surface area contributed by atoms with Crippen LogP contribution in [0.4, 0.5) is 0 Å². The number of hydrogen-bond acceptors (Lipinski definition) is 4. The molecule has 0 spiro atoms. The van der Waals surface area contributed by atoms with Gasteiger partial charge in [-0.3, -0.25) is 4.55 Å². The zero-order chi connectivity index (χ0) is 10.3. The normalized spacial score (nSPS) is 12.1. The lowest BCUT2D eigenvalue weighted by molar-refractivity contribution is 0.483. The van der Waals surface area contributed by atoms with E-state index in [9.17, 15) is 8.42 Å². The Labute approximate surface area is 79.9 Å². The van der Waals surface area contributed by atoms with E-state index in [1.807, 2.05) is 0 Å². The summed E-state index contributed by atoms with van der Waals surface area (Å²) in [6.45, 7) is 0. The van der Waals surface area contributed by atoms with Crippen LogP contribution in [-0.4, -0.2) is 28.0 Å². The van der Waals surface area contributed by atoms with Crippen molar-refractivity contribution in [3.05, 3.63) is 18.2 Å². The number of hydrogen-bond donors (Lipinski definition) is 1. The van der Waals surface area contributed by atoms with E-state index in [0.29, 0.717) is 11.0 Å². The lowest BCUT2D eigenvalue weighted by atomic mass is 10.3. The lowest BCUT2D eigenvalue weighted by Crippen LogP contribution is -1.97. The van der Waals surface area contributed by atoms with Gasteiger partial charge in [0.25, 0.3) is 10.1 Å². The zero-order valence-electron chi connectivity index (χ0n) is 7.25. The van der Waals surface area contributed by atoms with E-state index in [0.717, 1.165) is 0 Å². The van der Waals surface area contributed by atoms with Gasteiger partial charge in [-0.15, -0.1) is 0 Å². The van der Waals surface area contributed by atoms with Gasteiger partial charge in [-0.1, -0.05) is 0 Å². The third-order valence-electron chi connectivity index (χ3n) is 1.75. The first kappa shape index (κ1) is 9.10. The van der Waals surface area contributed by atoms with Crippen LogP contribution in [0.5, 0.6) is 0 Å². The van der Waals surface area contributed by atoms with Gasteiger partial charge < -0.3 is 0 Å². The highest BCUT2D eigenvalue weighted by Crippen LogP contribution is 2.15. The minimum Gasteiger partial charge on any atom is -0.282 e. The third-order valence-corrected chi connectivity index (χ3v) is 2.60. The molecule has 7 heteroatoms. The van der Waals surface area contributed by atoms with Crippen molar-refractivity contribution in [3.8, 4) is 0 Å². The second-order valence-corrected chi connectivity index (χ2v) is 4.24. The van der Waals surface area contributed by atoms with E-state index in [4.69, 9.17) is 4.55 Å². The Morgan fingerprint density at radius 1 is 1.29 bits per heavy atom. The second-order valence-electron chi connectivity index (χ2n) is 2.82. The average Bonchev–Trinajstić information content (AvgIpc) is 2.41. The van der Waals surface area contributed by atoms with Gasteiger partial charge in [0.05, 0.1) is 4.90 Å². The molecule has 0 unspecified atom stereocenters. The first-order chi connectivity index (χ1) is 6.47. The number of fused-ring (bicyclic) bond motifs is 1. The molecule has 0 saturated carbocycles. The zero-order valence-corrected chi connectivity index (χ0v) is 8.06. The molecule has 1 N–H and O–H groups in total. The fraction of sp³-hybridized carbons (Fsp3) is 0.143. The van der Waals surface area contributed by atoms with Crippen molar-refractivity contribution in [2.24, 2.45) is 7.05 Å². The Balaban J connectivity index is 2.74. The van der Waals surface area contributed by atoms with Crippen molar-refractivity contribution in [3.63, 3.8) is 0 Å². The summed E-state index contributed by atoms with van der Waals surface area (Å²) in [7, 11) is -2.53. The Morgan fingerprint density at radius 3 is 2.57 bits per heavy atom. The number of rotatable bonds is 1. The van der Waals surface area contributed by atoms with Gasteiger partial charge in [0, 0.05) is 7.05 Å². The Hall–Kier alpha value is -1.47. The standard InChI is InChI=1S/C7H7N3O3S/c1-10-8-6-3-2-5(14(11,12)13)4-7(6)9-10/h2-4H,1H3,(H,11,12,13). The molecule has 1 aromatic heterocycles. The number of nitrogens with zero attached hydrogens (tertiary/aromatic N) is 3. The number of aryl methyl sites for hydroxylation is 1. The minimum atomic E-state index is -4.16. The summed E-state index contributed by atoms with van der Waals surface area (Å²) < 4.78 is 30.3. The monoisotopic (exact) mass is 213 g/mol. The molecule has 14 heavy (non-hydrogen) atoms. The van der Waals surface area contributed by atoms with Gasteiger partial charge in [-0.2, -0.15) is 23.4 Å². The molecule has 1 heterocycles. The van der Waals surface area contributed by atoms with Gasteiger partial charge in [-0.05, 0) is 18.2 Å². The molecule has 1 aromatic carbocycles. The molecule has 0 fully saturated rings. The predicted molar refractivity (Wildman–Crippen MR) is 48.3 cm³/mol. The van der Waals surface area contributed by atoms with Crippen molar-refractivity contribution in [1.29, 1.82) is 0 Å². The van der Waals surface area contributed by atoms with Crippen LogP contribution in [0.3, 0.4) is 0 Å². The van der Waals surface area contributed by atoms with E-state index >= 15 is 0 Å².